The zero-order valence-electron chi connectivity index (χ0n) is 16.0. The summed E-state index contributed by atoms with van der Waals surface area (Å²) in [5.41, 5.74) is 5.22. The molecule has 0 saturated heterocycles. The molecule has 2 aliphatic heterocycles. The lowest BCUT2D eigenvalue weighted by Gasteiger charge is -2.51. The van der Waals surface area contributed by atoms with Crippen molar-refractivity contribution in [2.45, 2.75) is 30.7 Å². The molecular weight excluding hydrogens is 382 g/mol. The smallest absolute Gasteiger partial charge is 0.335 e. The van der Waals surface area contributed by atoms with E-state index in [2.05, 4.69) is 41.3 Å². The number of benzene rings is 2. The van der Waals surface area contributed by atoms with Crippen LogP contribution >= 0.6 is 11.6 Å². The van der Waals surface area contributed by atoms with Crippen LogP contribution in [0, 0.1) is 11.8 Å². The minimum absolute atomic E-state index is 0.215. The topological polar surface area (TPSA) is 40.5 Å². The average Bonchev–Trinajstić information content (AvgIpc) is 3.38. The highest BCUT2D eigenvalue weighted by molar-refractivity contribution is 6.31. The number of anilines is 1. The van der Waals surface area contributed by atoms with E-state index in [0.717, 1.165) is 24.4 Å². The molecule has 0 radical (unpaired) electrons. The molecule has 0 fully saturated rings. The first-order chi connectivity index (χ1) is 14.1. The van der Waals surface area contributed by atoms with Crippen molar-refractivity contribution in [1.82, 2.24) is 0 Å². The van der Waals surface area contributed by atoms with E-state index in [1.54, 1.807) is 0 Å². The van der Waals surface area contributed by atoms with Crippen LogP contribution in [0.2, 0.25) is 5.02 Å². The lowest BCUT2D eigenvalue weighted by atomic mass is 9.70. The Bertz CT molecular complexity index is 1070. The van der Waals surface area contributed by atoms with Crippen LogP contribution in [-0.2, 0) is 0 Å². The molecule has 0 spiro atoms. The van der Waals surface area contributed by atoms with E-state index in [-0.39, 0.29) is 12.0 Å². The van der Waals surface area contributed by atoms with Crippen LogP contribution in [0.3, 0.4) is 0 Å². The maximum atomic E-state index is 11.9. The number of allylic oxidation sites excluding steroid dienone is 4. The number of nitrogens with zero attached hydrogens (tertiary/aromatic N) is 1. The van der Waals surface area contributed by atoms with E-state index in [1.165, 1.54) is 22.4 Å². The molecule has 4 aliphatic rings. The maximum Gasteiger partial charge on any atom is 0.335 e. The van der Waals surface area contributed by atoms with E-state index in [1.807, 2.05) is 24.3 Å². The number of carbonyl (C=O) groups is 1. The van der Waals surface area contributed by atoms with E-state index in [9.17, 15) is 9.90 Å². The summed E-state index contributed by atoms with van der Waals surface area (Å²) in [5, 5.41) is 10.6. The predicted molar refractivity (Wildman–Crippen MR) is 115 cm³/mol. The van der Waals surface area contributed by atoms with Gasteiger partial charge < -0.3 is 10.0 Å². The Morgan fingerprint density at radius 1 is 1.00 bits per heavy atom. The van der Waals surface area contributed by atoms with Crippen LogP contribution in [0.4, 0.5) is 5.69 Å². The zero-order valence-corrected chi connectivity index (χ0v) is 16.7. The van der Waals surface area contributed by atoms with Gasteiger partial charge in [0.2, 0.25) is 0 Å². The number of aromatic carboxylic acids is 1. The number of fused-ring (bicyclic) bond motifs is 4. The van der Waals surface area contributed by atoms with Crippen LogP contribution in [0.1, 0.15) is 57.8 Å². The third kappa shape index (κ3) is 2.40. The summed E-state index contributed by atoms with van der Waals surface area (Å²) in [6, 6.07) is 12.3. The molecule has 0 unspecified atom stereocenters. The Morgan fingerprint density at radius 2 is 1.72 bits per heavy atom. The molecular formula is C25H22ClNO2. The molecule has 2 aliphatic carbocycles. The van der Waals surface area contributed by atoms with Gasteiger partial charge in [-0.2, -0.15) is 0 Å². The SMILES string of the molecule is O=C(O)c1cc2c3c(c1)[C@H]1C=CC[C@H]1[C@H](c1ccccc1Cl)N3C[C@@H]1CC=C[C@H]21. The molecule has 146 valence electrons. The van der Waals surface area contributed by atoms with Crippen molar-refractivity contribution in [2.24, 2.45) is 11.8 Å². The van der Waals surface area contributed by atoms with E-state index in [0.29, 0.717) is 23.3 Å². The van der Waals surface area contributed by atoms with Gasteiger partial charge in [-0.15, -0.1) is 0 Å². The maximum absolute atomic E-state index is 11.9. The molecule has 3 nitrogen and oxygen atoms in total. The minimum Gasteiger partial charge on any atom is -0.478 e. The van der Waals surface area contributed by atoms with Crippen LogP contribution in [0.15, 0.2) is 60.7 Å². The molecule has 2 heterocycles. The van der Waals surface area contributed by atoms with Crippen molar-refractivity contribution in [1.29, 1.82) is 0 Å². The molecule has 6 rings (SSSR count). The van der Waals surface area contributed by atoms with Crippen LogP contribution in [0.5, 0.6) is 0 Å². The van der Waals surface area contributed by atoms with Gasteiger partial charge in [0, 0.05) is 29.1 Å². The molecule has 0 saturated carbocycles. The fourth-order valence-corrected chi connectivity index (χ4v) is 6.41. The number of hydrogen-bond acceptors (Lipinski definition) is 2. The van der Waals surface area contributed by atoms with Gasteiger partial charge in [0.15, 0.2) is 0 Å². The molecule has 2 aromatic rings. The summed E-state index contributed by atoms with van der Waals surface area (Å²) in [6.45, 7) is 0.989. The van der Waals surface area contributed by atoms with Crippen molar-refractivity contribution < 1.29 is 9.90 Å². The first-order valence-electron chi connectivity index (χ1n) is 10.4. The average molecular weight is 404 g/mol. The second kappa shape index (κ2) is 6.24. The summed E-state index contributed by atoms with van der Waals surface area (Å²) in [6.07, 6.45) is 11.1. The first-order valence-corrected chi connectivity index (χ1v) is 10.8. The summed E-state index contributed by atoms with van der Waals surface area (Å²) in [5.74, 6) is 0.586. The van der Waals surface area contributed by atoms with E-state index in [4.69, 9.17) is 11.6 Å². The second-order valence-corrected chi connectivity index (χ2v) is 9.14. The molecule has 4 heteroatoms. The normalized spacial score (nSPS) is 30.8. The summed E-state index contributed by atoms with van der Waals surface area (Å²) >= 11 is 6.70. The third-order valence-electron chi connectivity index (χ3n) is 7.32. The van der Waals surface area contributed by atoms with Crippen molar-refractivity contribution in [3.8, 4) is 0 Å². The molecule has 0 amide bonds. The van der Waals surface area contributed by atoms with Crippen molar-refractivity contribution in [3.05, 3.63) is 88.0 Å². The van der Waals surface area contributed by atoms with Gasteiger partial charge >= 0.3 is 5.97 Å². The third-order valence-corrected chi connectivity index (χ3v) is 7.66. The van der Waals surface area contributed by atoms with Gasteiger partial charge in [-0.1, -0.05) is 54.1 Å². The van der Waals surface area contributed by atoms with Gasteiger partial charge in [-0.3, -0.25) is 0 Å². The highest BCUT2D eigenvalue weighted by Gasteiger charge is 2.48. The Balaban J connectivity index is 1.62. The van der Waals surface area contributed by atoms with Crippen LogP contribution in [0.25, 0.3) is 0 Å². The molecule has 29 heavy (non-hydrogen) atoms. The minimum atomic E-state index is -0.841. The van der Waals surface area contributed by atoms with Gasteiger partial charge in [0.1, 0.15) is 0 Å². The molecule has 5 atom stereocenters. The Hall–Kier alpha value is -2.52. The predicted octanol–water partition coefficient (Wildman–Crippen LogP) is 5.93. The highest BCUT2D eigenvalue weighted by atomic mass is 35.5. The van der Waals surface area contributed by atoms with E-state index >= 15 is 0 Å². The largest absolute Gasteiger partial charge is 0.478 e. The first kappa shape index (κ1) is 17.3. The number of halogens is 1. The van der Waals surface area contributed by atoms with Gasteiger partial charge in [-0.25, -0.2) is 4.79 Å². The van der Waals surface area contributed by atoms with E-state index < -0.39 is 5.97 Å². The summed E-state index contributed by atoms with van der Waals surface area (Å²) in [4.78, 5) is 14.5. The number of rotatable bonds is 2. The lowest BCUT2D eigenvalue weighted by Crippen LogP contribution is -2.46. The fourth-order valence-electron chi connectivity index (χ4n) is 6.17. The summed E-state index contributed by atoms with van der Waals surface area (Å²) in [7, 11) is 0. The molecule has 0 aromatic heterocycles. The number of hydrogen-bond donors (Lipinski definition) is 1. The second-order valence-electron chi connectivity index (χ2n) is 8.73. The lowest BCUT2D eigenvalue weighted by molar-refractivity contribution is 0.0696. The van der Waals surface area contributed by atoms with Crippen LogP contribution in [-0.4, -0.2) is 17.6 Å². The zero-order chi connectivity index (χ0) is 19.7. The molecule has 1 N–H and O–H groups in total. The van der Waals surface area contributed by atoms with Crippen molar-refractivity contribution in [3.63, 3.8) is 0 Å². The van der Waals surface area contributed by atoms with Gasteiger partial charge in [0.25, 0.3) is 0 Å². The van der Waals surface area contributed by atoms with Gasteiger partial charge in [-0.05, 0) is 59.6 Å². The Kier molecular flexibility index (Phi) is 3.73. The fraction of sp³-hybridized carbons (Fsp3) is 0.320. The van der Waals surface area contributed by atoms with Crippen molar-refractivity contribution >= 4 is 23.3 Å². The quantitative estimate of drug-likeness (QED) is 0.631. The highest BCUT2D eigenvalue weighted by Crippen LogP contribution is 2.59. The van der Waals surface area contributed by atoms with Crippen molar-refractivity contribution in [2.75, 3.05) is 11.4 Å². The number of carboxylic acids is 1. The standard InChI is InChI=1S/C25H22ClNO2/c26-22-10-2-1-6-19(22)23-18-9-4-8-17(18)21-12-15(25(28)29)11-20-16-7-3-5-14(16)13-27(23)24(20)21/h1-4,6-8,10-12,14,16-18,23H,5,9,13H2,(H,28,29)/t14-,16-,17-,18+,23+/m0/s1. The number of carboxylic acid groups (broad SMARTS) is 1. The molecule has 0 bridgehead atoms. The monoisotopic (exact) mass is 403 g/mol. The van der Waals surface area contributed by atoms with Crippen LogP contribution < -0.4 is 4.90 Å². The van der Waals surface area contributed by atoms with Gasteiger partial charge in [0.05, 0.1) is 11.6 Å². The molecule has 2 aromatic carbocycles. The Morgan fingerprint density at radius 3 is 2.52 bits per heavy atom. The Labute approximate surface area is 175 Å². The summed E-state index contributed by atoms with van der Waals surface area (Å²) < 4.78 is 0.